The molecule has 1 spiro atoms. The molecule has 3 aliphatic rings. The fraction of sp³-hybridized carbons (Fsp3) is 0.808. The topological polar surface area (TPSA) is 96.4 Å². The highest BCUT2D eigenvalue weighted by Crippen LogP contribution is 2.61. The van der Waals surface area contributed by atoms with E-state index in [4.69, 9.17) is 9.47 Å². The summed E-state index contributed by atoms with van der Waals surface area (Å²) < 4.78 is 11.9. The number of hydrogen-bond donors (Lipinski definition) is 1. The number of hydrogen-bond acceptors (Lipinski definition) is 6. The first kappa shape index (κ1) is 28.1. The van der Waals surface area contributed by atoms with Crippen LogP contribution in [-0.2, 0) is 23.9 Å². The third kappa shape index (κ3) is 4.80. The Balaban J connectivity index is 2.10. The summed E-state index contributed by atoms with van der Waals surface area (Å²) in [6.45, 7) is 12.5. The van der Waals surface area contributed by atoms with Gasteiger partial charge in [-0.25, -0.2) is 0 Å². The average molecular weight is 558 g/mol. The molecule has 3 aliphatic heterocycles. The fourth-order valence-corrected chi connectivity index (χ4v) is 7.14. The van der Waals surface area contributed by atoms with Crippen molar-refractivity contribution in [2.75, 3.05) is 26.3 Å². The first-order valence-electron chi connectivity index (χ1n) is 13.0. The van der Waals surface area contributed by atoms with Gasteiger partial charge < -0.3 is 24.4 Å². The van der Waals surface area contributed by atoms with Gasteiger partial charge in [0.1, 0.15) is 11.6 Å². The van der Waals surface area contributed by atoms with Gasteiger partial charge in [0.25, 0.3) is 0 Å². The monoisotopic (exact) mass is 556 g/mol. The normalized spacial score (nSPS) is 32.9. The summed E-state index contributed by atoms with van der Waals surface area (Å²) in [4.78, 5) is 44.5. The molecule has 0 aromatic carbocycles. The van der Waals surface area contributed by atoms with Gasteiger partial charge in [-0.1, -0.05) is 62.0 Å². The van der Waals surface area contributed by atoms with E-state index < -0.39 is 41.6 Å². The van der Waals surface area contributed by atoms with Crippen LogP contribution < -0.4 is 0 Å². The maximum Gasteiger partial charge on any atom is 0.312 e. The SMILES string of the molecule is C=CCN(CCCCC)C(=O)[C@H]1N([C@@H](CO)[C@@H](C)CC)C(=O)[C@@H]2[C@@H](C(=O)OCC)[C@@H]3O[C@@]21CC3Br. The smallest absolute Gasteiger partial charge is 0.312 e. The van der Waals surface area contributed by atoms with Crippen LogP contribution in [0, 0.1) is 17.8 Å². The van der Waals surface area contributed by atoms with Gasteiger partial charge in [-0.15, -0.1) is 6.58 Å². The number of aliphatic hydroxyl groups is 1. The minimum absolute atomic E-state index is 0.0413. The maximum atomic E-state index is 14.2. The molecule has 3 fully saturated rings. The summed E-state index contributed by atoms with van der Waals surface area (Å²) in [7, 11) is 0. The standard InChI is InChI=1S/C26H41BrN2O6/c1-6-10-11-13-28(12-7-2)24(32)22-26-14-17(27)21(35-26)19(25(33)34-9-4)20(26)23(31)29(22)18(15-30)16(5)8-3/h7,16-22,30H,2,6,8-15H2,1,3-5H3/t16-,17?,18-,19+,20-,21+,22+,26-/m0/s1. The number of ether oxygens (including phenoxy) is 2. The van der Waals surface area contributed by atoms with E-state index >= 15 is 0 Å². The van der Waals surface area contributed by atoms with Crippen molar-refractivity contribution in [1.82, 2.24) is 9.80 Å². The molecular weight excluding hydrogens is 516 g/mol. The van der Waals surface area contributed by atoms with Crippen LogP contribution in [-0.4, -0.2) is 87.6 Å². The van der Waals surface area contributed by atoms with Gasteiger partial charge >= 0.3 is 5.97 Å². The number of halogens is 1. The van der Waals surface area contributed by atoms with E-state index in [-0.39, 0.29) is 35.8 Å². The Morgan fingerprint density at radius 1 is 1.37 bits per heavy atom. The molecule has 8 nitrogen and oxygen atoms in total. The van der Waals surface area contributed by atoms with Gasteiger partial charge in [-0.05, 0) is 25.7 Å². The van der Waals surface area contributed by atoms with Crippen molar-refractivity contribution in [3.8, 4) is 0 Å². The van der Waals surface area contributed by atoms with Crippen LogP contribution >= 0.6 is 15.9 Å². The molecule has 35 heavy (non-hydrogen) atoms. The van der Waals surface area contributed by atoms with E-state index in [1.807, 2.05) is 13.8 Å². The van der Waals surface area contributed by atoms with Crippen LogP contribution in [0.2, 0.25) is 0 Å². The maximum absolute atomic E-state index is 14.2. The minimum atomic E-state index is -1.14. The Labute approximate surface area is 217 Å². The largest absolute Gasteiger partial charge is 0.466 e. The van der Waals surface area contributed by atoms with E-state index in [9.17, 15) is 19.5 Å². The highest BCUT2D eigenvalue weighted by atomic mass is 79.9. The van der Waals surface area contributed by atoms with Crippen LogP contribution in [0.15, 0.2) is 12.7 Å². The van der Waals surface area contributed by atoms with Crippen molar-refractivity contribution < 1.29 is 29.0 Å². The molecule has 0 saturated carbocycles. The lowest BCUT2D eigenvalue weighted by Gasteiger charge is -2.41. The second kappa shape index (κ2) is 11.7. The highest BCUT2D eigenvalue weighted by molar-refractivity contribution is 9.09. The van der Waals surface area contributed by atoms with Gasteiger partial charge in [0.15, 0.2) is 0 Å². The quantitative estimate of drug-likeness (QED) is 0.162. The fourth-order valence-electron chi connectivity index (χ4n) is 6.20. The molecule has 198 valence electrons. The summed E-state index contributed by atoms with van der Waals surface area (Å²) in [6.07, 6.45) is 5.18. The molecule has 0 aliphatic carbocycles. The van der Waals surface area contributed by atoms with Crippen LogP contribution in [0.4, 0.5) is 0 Å². The van der Waals surface area contributed by atoms with E-state index in [1.54, 1.807) is 22.8 Å². The number of alkyl halides is 1. The van der Waals surface area contributed by atoms with Crippen molar-refractivity contribution in [1.29, 1.82) is 0 Å². The lowest BCUT2D eigenvalue weighted by atomic mass is 9.70. The van der Waals surface area contributed by atoms with Crippen molar-refractivity contribution in [2.24, 2.45) is 17.8 Å². The zero-order valence-corrected chi connectivity index (χ0v) is 23.0. The molecular formula is C26H41BrN2O6. The van der Waals surface area contributed by atoms with Crippen LogP contribution in [0.1, 0.15) is 59.8 Å². The zero-order chi connectivity index (χ0) is 25.9. The average Bonchev–Trinajstić information content (AvgIpc) is 3.42. The number of aliphatic hydroxyl groups excluding tert-OH is 1. The molecule has 3 heterocycles. The molecule has 9 heteroatoms. The Morgan fingerprint density at radius 3 is 2.66 bits per heavy atom. The molecule has 1 unspecified atom stereocenters. The Morgan fingerprint density at radius 2 is 2.09 bits per heavy atom. The molecule has 3 rings (SSSR count). The Bertz CT molecular complexity index is 809. The summed E-state index contributed by atoms with van der Waals surface area (Å²) in [5.41, 5.74) is -1.14. The summed E-state index contributed by atoms with van der Waals surface area (Å²) in [5, 5.41) is 10.4. The number of carbonyl (C=O) groups excluding carboxylic acids is 3. The molecule has 3 saturated heterocycles. The van der Waals surface area contributed by atoms with Crippen LogP contribution in [0.5, 0.6) is 0 Å². The van der Waals surface area contributed by atoms with E-state index in [0.29, 0.717) is 19.5 Å². The highest BCUT2D eigenvalue weighted by Gasteiger charge is 2.77. The molecule has 1 N–H and O–H groups in total. The number of esters is 1. The first-order valence-corrected chi connectivity index (χ1v) is 14.0. The summed E-state index contributed by atoms with van der Waals surface area (Å²) in [6, 6.07) is -1.47. The van der Waals surface area contributed by atoms with E-state index in [1.165, 1.54) is 0 Å². The van der Waals surface area contributed by atoms with Gasteiger partial charge in [-0.2, -0.15) is 0 Å². The summed E-state index contributed by atoms with van der Waals surface area (Å²) >= 11 is 3.67. The Hall–Kier alpha value is -1.45. The number of nitrogens with zero attached hydrogens (tertiary/aromatic N) is 2. The number of unbranched alkanes of at least 4 members (excludes halogenated alkanes) is 2. The van der Waals surface area contributed by atoms with Gasteiger partial charge in [0.2, 0.25) is 11.8 Å². The third-order valence-electron chi connectivity index (χ3n) is 8.06. The van der Waals surface area contributed by atoms with Crippen molar-refractivity contribution in [2.45, 2.75) is 88.4 Å². The summed E-state index contributed by atoms with van der Waals surface area (Å²) in [5.74, 6) is -2.61. The first-order chi connectivity index (χ1) is 16.7. The number of carbonyl (C=O) groups is 3. The second-order valence-corrected chi connectivity index (χ2v) is 11.3. The number of amides is 2. The lowest BCUT2D eigenvalue weighted by Crippen LogP contribution is -2.60. The minimum Gasteiger partial charge on any atom is -0.466 e. The predicted octanol–water partition coefficient (Wildman–Crippen LogP) is 2.91. The van der Waals surface area contributed by atoms with Gasteiger partial charge in [-0.3, -0.25) is 14.4 Å². The van der Waals surface area contributed by atoms with Crippen LogP contribution in [0.25, 0.3) is 0 Å². The number of fused-ring (bicyclic) bond motifs is 1. The van der Waals surface area contributed by atoms with E-state index in [2.05, 4.69) is 29.4 Å². The van der Waals surface area contributed by atoms with Crippen molar-refractivity contribution in [3.05, 3.63) is 12.7 Å². The molecule has 8 atom stereocenters. The molecule has 2 bridgehead atoms. The zero-order valence-electron chi connectivity index (χ0n) is 21.5. The molecule has 0 aromatic heterocycles. The molecule has 2 amide bonds. The van der Waals surface area contributed by atoms with Crippen molar-refractivity contribution in [3.63, 3.8) is 0 Å². The molecule has 0 radical (unpaired) electrons. The molecule has 0 aromatic rings. The Kier molecular flexibility index (Phi) is 9.43. The third-order valence-corrected chi connectivity index (χ3v) is 8.90. The second-order valence-electron chi connectivity index (χ2n) is 10.1. The van der Waals surface area contributed by atoms with Crippen LogP contribution in [0.3, 0.4) is 0 Å². The number of likely N-dealkylation sites (tertiary alicyclic amines) is 1. The van der Waals surface area contributed by atoms with Gasteiger partial charge in [0.05, 0.1) is 37.2 Å². The van der Waals surface area contributed by atoms with E-state index in [0.717, 1.165) is 25.7 Å². The van der Waals surface area contributed by atoms with Gasteiger partial charge in [0, 0.05) is 17.9 Å². The van der Waals surface area contributed by atoms with Crippen molar-refractivity contribution >= 4 is 33.7 Å². The predicted molar refractivity (Wildman–Crippen MR) is 136 cm³/mol. The lowest BCUT2D eigenvalue weighted by molar-refractivity contribution is -0.156. The number of rotatable bonds is 13.